The van der Waals surface area contributed by atoms with Crippen molar-refractivity contribution in [3.63, 3.8) is 0 Å². The van der Waals surface area contributed by atoms with Crippen molar-refractivity contribution >= 4 is 17.6 Å². The van der Waals surface area contributed by atoms with E-state index < -0.39 is 0 Å². The van der Waals surface area contributed by atoms with Crippen LogP contribution in [-0.2, 0) is 14.3 Å². The van der Waals surface area contributed by atoms with Gasteiger partial charge >= 0.3 is 5.97 Å². The molecule has 0 spiro atoms. The van der Waals surface area contributed by atoms with Crippen molar-refractivity contribution in [2.45, 2.75) is 39.5 Å². The van der Waals surface area contributed by atoms with Crippen molar-refractivity contribution in [1.29, 1.82) is 0 Å². The zero-order valence-electron chi connectivity index (χ0n) is 14.9. The first-order valence-corrected chi connectivity index (χ1v) is 8.90. The lowest BCUT2D eigenvalue weighted by atomic mass is 9.98. The van der Waals surface area contributed by atoms with Crippen LogP contribution < -0.4 is 10.2 Å². The summed E-state index contributed by atoms with van der Waals surface area (Å²) in [5.41, 5.74) is 2.03. The van der Waals surface area contributed by atoms with Gasteiger partial charge in [-0.05, 0) is 37.3 Å². The highest BCUT2D eigenvalue weighted by Gasteiger charge is 2.30. The van der Waals surface area contributed by atoms with Gasteiger partial charge in [0.2, 0.25) is 0 Å². The molecule has 5 heteroatoms. The summed E-state index contributed by atoms with van der Waals surface area (Å²) < 4.78 is 5.12. The van der Waals surface area contributed by atoms with Crippen LogP contribution in [0.15, 0.2) is 24.3 Å². The van der Waals surface area contributed by atoms with E-state index >= 15 is 0 Å². The average molecular weight is 333 g/mol. The van der Waals surface area contributed by atoms with Crippen LogP contribution in [0.2, 0.25) is 0 Å². The van der Waals surface area contributed by atoms with Gasteiger partial charge in [-0.1, -0.05) is 32.0 Å². The van der Waals surface area contributed by atoms with Crippen molar-refractivity contribution in [2.75, 3.05) is 31.6 Å². The van der Waals surface area contributed by atoms with Gasteiger partial charge in [-0.15, -0.1) is 0 Å². The summed E-state index contributed by atoms with van der Waals surface area (Å²) in [6, 6.07) is 7.92. The number of hydrogen-bond donors (Lipinski definition) is 2. The Morgan fingerprint density at radius 1 is 1.33 bits per heavy atom. The summed E-state index contributed by atoms with van der Waals surface area (Å²) in [4.78, 5) is 25.5. The number of amides is 1. The molecule has 1 aliphatic rings. The van der Waals surface area contributed by atoms with E-state index in [2.05, 4.69) is 19.2 Å². The summed E-state index contributed by atoms with van der Waals surface area (Å²) >= 11 is 0. The van der Waals surface area contributed by atoms with Crippen LogP contribution in [0.4, 0.5) is 5.69 Å². The molecule has 1 saturated heterocycles. The third-order valence-corrected chi connectivity index (χ3v) is 4.51. The lowest BCUT2D eigenvalue weighted by molar-refractivity contribution is -0.899. The Hall–Kier alpha value is -1.88. The van der Waals surface area contributed by atoms with E-state index in [1.807, 2.05) is 31.2 Å². The predicted molar refractivity (Wildman–Crippen MR) is 94.1 cm³/mol. The lowest BCUT2D eigenvalue weighted by Crippen LogP contribution is -3.14. The fourth-order valence-electron chi connectivity index (χ4n) is 3.31. The van der Waals surface area contributed by atoms with E-state index in [1.54, 1.807) is 0 Å². The monoisotopic (exact) mass is 333 g/mol. The van der Waals surface area contributed by atoms with E-state index in [1.165, 1.54) is 0 Å². The van der Waals surface area contributed by atoms with Gasteiger partial charge in [0, 0.05) is 5.69 Å². The minimum Gasteiger partial charge on any atom is -0.466 e. The van der Waals surface area contributed by atoms with Crippen LogP contribution in [0.25, 0.3) is 0 Å². The molecule has 24 heavy (non-hydrogen) atoms. The zero-order valence-corrected chi connectivity index (χ0v) is 14.9. The molecule has 1 heterocycles. The maximum atomic E-state index is 12.4. The Morgan fingerprint density at radius 3 is 2.79 bits per heavy atom. The Kier molecular flexibility index (Phi) is 6.79. The van der Waals surface area contributed by atoms with Crippen LogP contribution in [0.5, 0.6) is 0 Å². The lowest BCUT2D eigenvalue weighted by Gasteiger charge is -2.28. The summed E-state index contributed by atoms with van der Waals surface area (Å²) in [5.74, 6) is 0.157. The maximum absolute atomic E-state index is 12.4. The number of carbonyl (C=O) groups excluding carboxylic acids is 2. The Labute approximate surface area is 144 Å². The number of carbonyl (C=O) groups is 2. The van der Waals surface area contributed by atoms with Crippen LogP contribution in [0, 0.1) is 5.92 Å². The number of hydrogen-bond acceptors (Lipinski definition) is 3. The van der Waals surface area contributed by atoms with Crippen LogP contribution >= 0.6 is 0 Å². The van der Waals surface area contributed by atoms with Crippen LogP contribution in [0.3, 0.4) is 0 Å². The van der Waals surface area contributed by atoms with Gasteiger partial charge < -0.3 is 15.0 Å². The SMILES string of the molecule is CCOC(=O)[C@H]1CCC[NH+](CC(=O)Nc2ccccc2C(C)C)C1. The van der Waals surface area contributed by atoms with Crippen molar-refractivity contribution in [3.05, 3.63) is 29.8 Å². The van der Waals surface area contributed by atoms with E-state index in [0.29, 0.717) is 25.6 Å². The van der Waals surface area contributed by atoms with Crippen molar-refractivity contribution < 1.29 is 19.2 Å². The minimum absolute atomic E-state index is 0.00242. The van der Waals surface area contributed by atoms with Gasteiger partial charge in [0.1, 0.15) is 5.92 Å². The molecule has 1 unspecified atom stereocenters. The molecular formula is C19H29N2O3+. The van der Waals surface area contributed by atoms with E-state index in [0.717, 1.165) is 35.5 Å². The molecule has 5 nitrogen and oxygen atoms in total. The molecule has 1 aromatic rings. The Bertz CT molecular complexity index is 571. The van der Waals surface area contributed by atoms with Gasteiger partial charge in [0.05, 0.1) is 19.7 Å². The second kappa shape index (κ2) is 8.83. The molecule has 1 aromatic carbocycles. The minimum atomic E-state index is -0.125. The molecule has 2 N–H and O–H groups in total. The normalized spacial score (nSPS) is 20.7. The molecule has 1 amide bonds. The molecule has 0 bridgehead atoms. The molecule has 0 saturated carbocycles. The Balaban J connectivity index is 1.91. The topological polar surface area (TPSA) is 59.8 Å². The second-order valence-corrected chi connectivity index (χ2v) is 6.76. The molecule has 0 aromatic heterocycles. The molecule has 132 valence electrons. The second-order valence-electron chi connectivity index (χ2n) is 6.76. The largest absolute Gasteiger partial charge is 0.466 e. The number of esters is 1. The highest BCUT2D eigenvalue weighted by molar-refractivity contribution is 5.92. The number of nitrogens with one attached hydrogen (secondary N) is 2. The molecule has 2 atom stereocenters. The van der Waals surface area contributed by atoms with Gasteiger partial charge in [-0.3, -0.25) is 9.59 Å². The maximum Gasteiger partial charge on any atom is 0.314 e. The number of likely N-dealkylation sites (tertiary alicyclic amines) is 1. The number of para-hydroxylation sites is 1. The number of piperidine rings is 1. The molecular weight excluding hydrogens is 304 g/mol. The van der Waals surface area contributed by atoms with E-state index in [-0.39, 0.29) is 17.8 Å². The molecule has 1 aliphatic heterocycles. The number of rotatable bonds is 6. The summed E-state index contributed by atoms with van der Waals surface area (Å²) in [6.45, 7) is 8.47. The summed E-state index contributed by atoms with van der Waals surface area (Å²) in [6.07, 6.45) is 1.81. The molecule has 1 fully saturated rings. The number of quaternary nitrogens is 1. The van der Waals surface area contributed by atoms with E-state index in [9.17, 15) is 9.59 Å². The number of benzene rings is 1. The fraction of sp³-hybridized carbons (Fsp3) is 0.579. The van der Waals surface area contributed by atoms with E-state index in [4.69, 9.17) is 4.74 Å². The van der Waals surface area contributed by atoms with Gasteiger partial charge in [0.15, 0.2) is 6.54 Å². The standard InChI is InChI=1S/C19H28N2O3/c1-4-24-19(23)15-8-7-11-21(12-15)13-18(22)20-17-10-6-5-9-16(17)14(2)3/h5-6,9-10,14-15H,4,7-8,11-13H2,1-3H3,(H,20,22)/p+1/t15-/m0/s1. The van der Waals surface area contributed by atoms with Crippen molar-refractivity contribution in [2.24, 2.45) is 5.92 Å². The predicted octanol–water partition coefficient (Wildman–Crippen LogP) is 1.61. The quantitative estimate of drug-likeness (QED) is 0.778. The van der Waals surface area contributed by atoms with Crippen LogP contribution in [-0.4, -0.2) is 38.1 Å². The summed E-state index contributed by atoms with van der Waals surface area (Å²) in [5, 5.41) is 3.03. The van der Waals surface area contributed by atoms with Gasteiger partial charge in [0.25, 0.3) is 5.91 Å². The highest BCUT2D eigenvalue weighted by Crippen LogP contribution is 2.23. The first kappa shape index (κ1) is 18.5. The van der Waals surface area contributed by atoms with Crippen molar-refractivity contribution in [3.8, 4) is 0 Å². The average Bonchev–Trinajstić information content (AvgIpc) is 2.55. The number of ether oxygens (including phenoxy) is 1. The Morgan fingerprint density at radius 2 is 2.08 bits per heavy atom. The van der Waals surface area contributed by atoms with Crippen LogP contribution in [0.1, 0.15) is 45.1 Å². The molecule has 0 radical (unpaired) electrons. The van der Waals surface area contributed by atoms with Crippen molar-refractivity contribution in [1.82, 2.24) is 0 Å². The van der Waals surface area contributed by atoms with Gasteiger partial charge in [-0.2, -0.15) is 0 Å². The smallest absolute Gasteiger partial charge is 0.314 e. The zero-order chi connectivity index (χ0) is 17.5. The first-order chi connectivity index (χ1) is 11.5. The fourth-order valence-corrected chi connectivity index (χ4v) is 3.31. The number of anilines is 1. The first-order valence-electron chi connectivity index (χ1n) is 8.90. The summed E-state index contributed by atoms with van der Waals surface area (Å²) in [7, 11) is 0. The highest BCUT2D eigenvalue weighted by atomic mass is 16.5. The van der Waals surface area contributed by atoms with Gasteiger partial charge in [-0.25, -0.2) is 0 Å². The molecule has 0 aliphatic carbocycles. The third kappa shape index (κ3) is 5.06. The third-order valence-electron chi connectivity index (χ3n) is 4.51. The molecule has 2 rings (SSSR count).